The van der Waals surface area contributed by atoms with Crippen LogP contribution in [0.3, 0.4) is 0 Å². The monoisotopic (exact) mass is 462 g/mol. The first-order chi connectivity index (χ1) is 14.5. The molecular weight excluding hydrogens is 404 g/mol. The Balaban J connectivity index is 3.60. The Morgan fingerprint density at radius 3 is 1.06 bits per heavy atom. The predicted molar refractivity (Wildman–Crippen MR) is 136 cm³/mol. The van der Waals surface area contributed by atoms with Crippen molar-refractivity contribution in [2.24, 2.45) is 0 Å². The van der Waals surface area contributed by atoms with Crippen LogP contribution in [0.15, 0.2) is 0 Å². The molecule has 0 aliphatic rings. The van der Waals surface area contributed by atoms with E-state index in [-0.39, 0.29) is 6.04 Å². The first kappa shape index (κ1) is 31.0. The molecule has 5 nitrogen and oxygen atoms in total. The van der Waals surface area contributed by atoms with E-state index in [0.29, 0.717) is 6.42 Å². The molecule has 0 spiro atoms. The fourth-order valence-corrected chi connectivity index (χ4v) is 5.06. The van der Waals surface area contributed by atoms with Crippen LogP contribution in [-0.2, 0) is 0 Å². The highest BCUT2D eigenvalue weighted by Gasteiger charge is 2.27. The second-order valence-electron chi connectivity index (χ2n) is 11.2. The van der Waals surface area contributed by atoms with E-state index in [1.54, 1.807) is 0 Å². The summed E-state index contributed by atoms with van der Waals surface area (Å²) in [6, 6.07) is 0.153. The Kier molecular flexibility index (Phi) is 17.5. The van der Waals surface area contributed by atoms with E-state index < -0.39 is 8.80 Å². The van der Waals surface area contributed by atoms with E-state index in [9.17, 15) is 0 Å². The van der Waals surface area contributed by atoms with Crippen LogP contribution in [0.25, 0.3) is 0 Å². The van der Waals surface area contributed by atoms with Crippen molar-refractivity contribution in [3.05, 3.63) is 0 Å². The maximum atomic E-state index is 9.13. The Labute approximate surface area is 196 Å². The highest BCUT2D eigenvalue weighted by Crippen LogP contribution is 2.14. The van der Waals surface area contributed by atoms with Crippen molar-refractivity contribution in [2.75, 3.05) is 54.4 Å². The van der Waals surface area contributed by atoms with Crippen molar-refractivity contribution in [1.29, 1.82) is 0 Å². The molecule has 0 fully saturated rings. The molecule has 0 aromatic heterocycles. The molecular formula is C25H58N2O3Si+2. The minimum atomic E-state index is -3.86. The molecule has 0 saturated heterocycles. The van der Waals surface area contributed by atoms with E-state index in [2.05, 4.69) is 35.1 Å². The molecule has 0 saturated carbocycles. The molecule has 0 aromatic carbocycles. The summed E-state index contributed by atoms with van der Waals surface area (Å²) in [6.45, 7) is 6.89. The van der Waals surface area contributed by atoms with E-state index in [4.69, 9.17) is 14.4 Å². The van der Waals surface area contributed by atoms with Gasteiger partial charge in [-0.05, 0) is 38.5 Å². The van der Waals surface area contributed by atoms with Gasteiger partial charge in [0.15, 0.2) is 0 Å². The van der Waals surface area contributed by atoms with Crippen molar-refractivity contribution in [3.63, 3.8) is 0 Å². The largest absolute Gasteiger partial charge is 0.492 e. The van der Waals surface area contributed by atoms with Crippen LogP contribution in [0.4, 0.5) is 0 Å². The molecule has 0 amide bonds. The quantitative estimate of drug-likeness (QED) is 0.121. The molecule has 6 heteroatoms. The van der Waals surface area contributed by atoms with Gasteiger partial charge < -0.3 is 23.4 Å². The molecule has 188 valence electrons. The second kappa shape index (κ2) is 17.5. The topological polar surface area (TPSA) is 60.7 Å². The third kappa shape index (κ3) is 23.0. The first-order valence-electron chi connectivity index (χ1n) is 13.3. The van der Waals surface area contributed by atoms with Crippen LogP contribution in [-0.4, -0.2) is 86.5 Å². The van der Waals surface area contributed by atoms with Gasteiger partial charge in [-0.15, -0.1) is 0 Å². The highest BCUT2D eigenvalue weighted by molar-refractivity contribution is 6.56. The summed E-state index contributed by atoms with van der Waals surface area (Å²) < 4.78 is 2.05. The summed E-state index contributed by atoms with van der Waals surface area (Å²) in [4.78, 5) is 27.4. The first-order valence-corrected chi connectivity index (χ1v) is 15.3. The van der Waals surface area contributed by atoms with Gasteiger partial charge in [0.25, 0.3) is 0 Å². The minimum Gasteiger partial charge on any atom is -0.390 e. The fourth-order valence-electron chi connectivity index (χ4n) is 4.43. The lowest BCUT2D eigenvalue weighted by molar-refractivity contribution is -0.891. The summed E-state index contributed by atoms with van der Waals surface area (Å²) >= 11 is 0. The lowest BCUT2D eigenvalue weighted by atomic mass is 10.1. The van der Waals surface area contributed by atoms with Crippen molar-refractivity contribution in [1.82, 2.24) is 0 Å². The lowest BCUT2D eigenvalue weighted by Crippen LogP contribution is -2.43. The zero-order valence-corrected chi connectivity index (χ0v) is 22.9. The summed E-state index contributed by atoms with van der Waals surface area (Å²) in [6.07, 6.45) is 19.9. The number of unbranched alkanes of at least 4 members (excludes halogenated alkanes) is 12. The van der Waals surface area contributed by atoms with E-state index >= 15 is 0 Å². The van der Waals surface area contributed by atoms with Crippen LogP contribution in [0.5, 0.6) is 0 Å². The molecule has 0 atom stereocenters. The fraction of sp³-hybridized carbons (Fsp3) is 1.00. The minimum absolute atomic E-state index is 0.153. The molecule has 0 aliphatic carbocycles. The van der Waals surface area contributed by atoms with E-state index in [0.717, 1.165) is 22.1 Å². The number of rotatable bonds is 22. The van der Waals surface area contributed by atoms with Gasteiger partial charge in [0, 0.05) is 12.5 Å². The number of hydrogen-bond donors (Lipinski definition) is 3. The number of quaternary nitrogens is 2. The van der Waals surface area contributed by atoms with Gasteiger partial charge in [0.1, 0.15) is 0 Å². The van der Waals surface area contributed by atoms with E-state index in [1.165, 1.54) is 103 Å². The van der Waals surface area contributed by atoms with Crippen LogP contribution in [0.2, 0.25) is 6.04 Å². The highest BCUT2D eigenvalue weighted by atomic mass is 28.4. The molecule has 31 heavy (non-hydrogen) atoms. The van der Waals surface area contributed by atoms with Gasteiger partial charge in [-0.25, -0.2) is 0 Å². The third-order valence-electron chi connectivity index (χ3n) is 6.67. The normalized spacial score (nSPS) is 13.2. The van der Waals surface area contributed by atoms with Gasteiger partial charge in [0.05, 0.1) is 54.4 Å². The van der Waals surface area contributed by atoms with Crippen molar-refractivity contribution in [3.8, 4) is 0 Å². The smallest absolute Gasteiger partial charge is 0.390 e. The molecule has 3 N–H and O–H groups in total. The Morgan fingerprint density at radius 2 is 0.742 bits per heavy atom. The summed E-state index contributed by atoms with van der Waals surface area (Å²) in [7, 11) is 5.31. The van der Waals surface area contributed by atoms with Gasteiger partial charge in [0.2, 0.25) is 0 Å². The number of nitrogens with zero attached hydrogens (tertiary/aromatic N) is 2. The lowest BCUT2D eigenvalue weighted by Gasteiger charge is -2.31. The average molecular weight is 463 g/mol. The number of hydrogen-bond acceptors (Lipinski definition) is 3. The zero-order chi connectivity index (χ0) is 23.6. The van der Waals surface area contributed by atoms with Gasteiger partial charge in [-0.2, -0.15) is 0 Å². The van der Waals surface area contributed by atoms with Crippen molar-refractivity contribution in [2.45, 2.75) is 109 Å². The van der Waals surface area contributed by atoms with Crippen LogP contribution in [0, 0.1) is 0 Å². The Morgan fingerprint density at radius 1 is 0.452 bits per heavy atom. The maximum Gasteiger partial charge on any atom is 0.492 e. The van der Waals surface area contributed by atoms with Crippen molar-refractivity contribution < 1.29 is 23.4 Å². The van der Waals surface area contributed by atoms with Crippen molar-refractivity contribution >= 4 is 8.80 Å². The molecule has 0 heterocycles. The van der Waals surface area contributed by atoms with Crippen LogP contribution in [0.1, 0.15) is 103 Å². The summed E-state index contributed by atoms with van der Waals surface area (Å²) in [5.74, 6) is 0. The van der Waals surface area contributed by atoms with Gasteiger partial charge >= 0.3 is 8.80 Å². The molecule has 0 radical (unpaired) electrons. The molecule has 0 aromatic rings. The third-order valence-corrected chi connectivity index (χ3v) is 7.69. The summed E-state index contributed by atoms with van der Waals surface area (Å²) in [5, 5.41) is 0. The Bertz CT molecular complexity index is 412. The van der Waals surface area contributed by atoms with Crippen LogP contribution < -0.4 is 0 Å². The molecule has 0 rings (SSSR count). The van der Waals surface area contributed by atoms with Gasteiger partial charge in [-0.1, -0.05) is 58.3 Å². The molecule has 0 aliphatic heterocycles. The standard InChI is InChI=1S/C25H58N2O3Si/c1-6-7-8-9-10-11-12-13-14-17-21-26(2,3)22-18-15-16-19-23-27(4,5)24-20-25-31(28,29)30/h28-30H,6-25H2,1-5H3/q+2. The zero-order valence-electron chi connectivity index (χ0n) is 21.9. The van der Waals surface area contributed by atoms with Crippen LogP contribution >= 0.6 is 0 Å². The SMILES string of the molecule is CCCCCCCCCCCC[N+](C)(C)CCCCCC[N+](C)(C)CCC[Si](O)(O)O. The summed E-state index contributed by atoms with van der Waals surface area (Å²) in [5.41, 5.74) is 0. The average Bonchev–Trinajstić information content (AvgIpc) is 2.64. The Hall–Kier alpha value is 0.0169. The van der Waals surface area contributed by atoms with E-state index in [1.807, 2.05) is 0 Å². The second-order valence-corrected chi connectivity index (χ2v) is 13.3. The predicted octanol–water partition coefficient (Wildman–Crippen LogP) is 4.93. The van der Waals surface area contributed by atoms with Gasteiger partial charge in [-0.3, -0.25) is 0 Å². The molecule has 0 bridgehead atoms. The molecule has 0 unspecified atom stereocenters. The maximum absolute atomic E-state index is 9.13.